The fraction of sp³-hybridized carbons (Fsp3) is 0.500. The Labute approximate surface area is 148 Å². The molecular weight excluding hydrogens is 319 g/mol. The number of hydrogen-bond donors (Lipinski definition) is 0. The highest BCUT2D eigenvalue weighted by molar-refractivity contribution is 5.80. The monoisotopic (exact) mass is 344 g/mol. The molecule has 134 valence electrons. The average molecular weight is 344 g/mol. The van der Waals surface area contributed by atoms with Crippen LogP contribution in [0.25, 0.3) is 6.08 Å². The van der Waals surface area contributed by atoms with Crippen molar-refractivity contribution < 1.29 is 14.0 Å². The van der Waals surface area contributed by atoms with Gasteiger partial charge in [0.2, 0.25) is 11.8 Å². The van der Waals surface area contributed by atoms with Crippen LogP contribution in [0, 0.1) is 5.82 Å². The third-order valence-corrected chi connectivity index (χ3v) is 5.00. The number of hydrogen-bond acceptors (Lipinski definition) is 2. The zero-order chi connectivity index (χ0) is 17.6. The first-order chi connectivity index (χ1) is 12.1. The molecule has 1 aromatic rings. The van der Waals surface area contributed by atoms with Gasteiger partial charge in [-0.1, -0.05) is 24.3 Å². The maximum absolute atomic E-state index is 13.2. The van der Waals surface area contributed by atoms with Crippen molar-refractivity contribution in [3.05, 3.63) is 41.7 Å². The van der Waals surface area contributed by atoms with Crippen LogP contribution in [0.15, 0.2) is 30.3 Å². The third-order valence-electron chi connectivity index (χ3n) is 5.00. The minimum atomic E-state index is -0.278. The van der Waals surface area contributed by atoms with Gasteiger partial charge < -0.3 is 9.80 Å². The number of likely N-dealkylation sites (tertiary alicyclic amines) is 2. The van der Waals surface area contributed by atoms with Crippen molar-refractivity contribution in [2.45, 2.75) is 44.6 Å². The molecule has 0 N–H and O–H groups in total. The van der Waals surface area contributed by atoms with Crippen LogP contribution in [-0.2, 0) is 9.59 Å². The average Bonchev–Trinajstić information content (AvgIpc) is 3.00. The fourth-order valence-electron chi connectivity index (χ4n) is 3.69. The van der Waals surface area contributed by atoms with Crippen molar-refractivity contribution in [1.82, 2.24) is 9.80 Å². The third kappa shape index (κ3) is 4.68. The highest BCUT2D eigenvalue weighted by atomic mass is 19.1. The Morgan fingerprint density at radius 3 is 2.88 bits per heavy atom. The van der Waals surface area contributed by atoms with Crippen LogP contribution in [0.1, 0.15) is 44.1 Å². The predicted octanol–water partition coefficient (Wildman–Crippen LogP) is 3.23. The molecule has 0 saturated carbocycles. The van der Waals surface area contributed by atoms with E-state index in [0.29, 0.717) is 19.4 Å². The molecule has 2 fully saturated rings. The Balaban J connectivity index is 1.57. The molecule has 0 bridgehead atoms. The van der Waals surface area contributed by atoms with Crippen LogP contribution in [0.3, 0.4) is 0 Å². The summed E-state index contributed by atoms with van der Waals surface area (Å²) in [7, 11) is 0. The minimum Gasteiger partial charge on any atom is -0.341 e. The van der Waals surface area contributed by atoms with Gasteiger partial charge in [0.1, 0.15) is 5.82 Å². The van der Waals surface area contributed by atoms with E-state index in [4.69, 9.17) is 0 Å². The molecule has 25 heavy (non-hydrogen) atoms. The Morgan fingerprint density at radius 1 is 1.24 bits per heavy atom. The van der Waals surface area contributed by atoms with Crippen molar-refractivity contribution in [1.29, 1.82) is 0 Å². The van der Waals surface area contributed by atoms with Crippen LogP contribution in [-0.4, -0.2) is 47.3 Å². The first-order valence-corrected chi connectivity index (χ1v) is 9.13. The second-order valence-electron chi connectivity index (χ2n) is 6.84. The zero-order valence-electron chi connectivity index (χ0n) is 14.5. The summed E-state index contributed by atoms with van der Waals surface area (Å²) in [4.78, 5) is 28.3. The molecule has 2 heterocycles. The molecule has 3 rings (SSSR count). The van der Waals surface area contributed by atoms with Crippen LogP contribution in [0.5, 0.6) is 0 Å². The van der Waals surface area contributed by atoms with Gasteiger partial charge in [0, 0.05) is 38.5 Å². The van der Waals surface area contributed by atoms with E-state index in [1.807, 2.05) is 15.9 Å². The molecule has 0 radical (unpaired) electrons. The first kappa shape index (κ1) is 17.6. The van der Waals surface area contributed by atoms with Crippen LogP contribution >= 0.6 is 0 Å². The topological polar surface area (TPSA) is 40.6 Å². The molecule has 0 aromatic heterocycles. The summed E-state index contributed by atoms with van der Waals surface area (Å²) in [5, 5.41) is 0. The van der Waals surface area contributed by atoms with Crippen molar-refractivity contribution in [3.8, 4) is 0 Å². The lowest BCUT2D eigenvalue weighted by Gasteiger charge is -2.37. The normalized spacial score (nSPS) is 21.3. The minimum absolute atomic E-state index is 0.0870. The summed E-state index contributed by atoms with van der Waals surface area (Å²) in [6, 6.07) is 6.45. The van der Waals surface area contributed by atoms with E-state index in [-0.39, 0.29) is 23.7 Å². The van der Waals surface area contributed by atoms with Gasteiger partial charge >= 0.3 is 0 Å². The van der Waals surface area contributed by atoms with Gasteiger partial charge in [0.25, 0.3) is 0 Å². The molecule has 2 saturated heterocycles. The lowest BCUT2D eigenvalue weighted by atomic mass is 10.0. The van der Waals surface area contributed by atoms with Gasteiger partial charge in [-0.05, 0) is 43.4 Å². The van der Waals surface area contributed by atoms with E-state index >= 15 is 0 Å². The summed E-state index contributed by atoms with van der Waals surface area (Å²) >= 11 is 0. The second-order valence-corrected chi connectivity index (χ2v) is 6.84. The lowest BCUT2D eigenvalue weighted by Crippen LogP contribution is -2.49. The standard InChI is InChI=1S/C20H25FN2O2/c21-17-8-3-6-16(14-17)7-4-10-20(25)23-13-2-1-9-18(23)15-22-12-5-11-19(22)24/h3-4,6-8,14,18H,1-2,5,9-13,15H2/b7-4+. The number of amides is 2. The summed E-state index contributed by atoms with van der Waals surface area (Å²) in [5.74, 6) is 0.0211. The Hall–Kier alpha value is -2.17. The zero-order valence-corrected chi connectivity index (χ0v) is 14.5. The summed E-state index contributed by atoms with van der Waals surface area (Å²) in [6.45, 7) is 2.24. The van der Waals surface area contributed by atoms with E-state index in [1.165, 1.54) is 12.1 Å². The first-order valence-electron chi connectivity index (χ1n) is 9.13. The van der Waals surface area contributed by atoms with Crippen molar-refractivity contribution >= 4 is 17.9 Å². The molecule has 0 spiro atoms. The molecule has 1 aromatic carbocycles. The van der Waals surface area contributed by atoms with Gasteiger partial charge in [-0.3, -0.25) is 9.59 Å². The number of rotatable bonds is 5. The second kappa shape index (κ2) is 8.28. The van der Waals surface area contributed by atoms with Crippen LogP contribution in [0.2, 0.25) is 0 Å². The number of carbonyl (C=O) groups excluding carboxylic acids is 2. The SMILES string of the molecule is O=C1CCCN1CC1CCCCN1C(=O)C/C=C/c1cccc(F)c1. The molecule has 2 aliphatic heterocycles. The molecule has 2 aliphatic rings. The van der Waals surface area contributed by atoms with Crippen molar-refractivity contribution in [2.24, 2.45) is 0 Å². The maximum Gasteiger partial charge on any atom is 0.226 e. The Morgan fingerprint density at radius 2 is 2.12 bits per heavy atom. The molecule has 0 aliphatic carbocycles. The van der Waals surface area contributed by atoms with Gasteiger partial charge in [0.15, 0.2) is 0 Å². The molecule has 1 atom stereocenters. The van der Waals surface area contributed by atoms with Gasteiger partial charge in [-0.25, -0.2) is 4.39 Å². The molecule has 5 heteroatoms. The number of halogens is 1. The van der Waals surface area contributed by atoms with E-state index in [9.17, 15) is 14.0 Å². The van der Waals surface area contributed by atoms with Crippen molar-refractivity contribution in [3.63, 3.8) is 0 Å². The smallest absolute Gasteiger partial charge is 0.226 e. The summed E-state index contributed by atoms with van der Waals surface area (Å²) in [5.41, 5.74) is 0.755. The number of benzene rings is 1. The Bertz CT molecular complexity index is 659. The molecule has 4 nitrogen and oxygen atoms in total. The largest absolute Gasteiger partial charge is 0.341 e. The summed E-state index contributed by atoms with van der Waals surface area (Å²) in [6.07, 6.45) is 8.53. The quantitative estimate of drug-likeness (QED) is 0.823. The fourth-order valence-corrected chi connectivity index (χ4v) is 3.69. The van der Waals surface area contributed by atoms with Gasteiger partial charge in [-0.2, -0.15) is 0 Å². The highest BCUT2D eigenvalue weighted by Crippen LogP contribution is 2.21. The Kier molecular flexibility index (Phi) is 5.84. The number of carbonyl (C=O) groups is 2. The van der Waals surface area contributed by atoms with Gasteiger partial charge in [0.05, 0.1) is 0 Å². The molecule has 2 amide bonds. The predicted molar refractivity (Wildman–Crippen MR) is 95.2 cm³/mol. The number of piperidine rings is 1. The van der Waals surface area contributed by atoms with Crippen molar-refractivity contribution in [2.75, 3.05) is 19.6 Å². The van der Waals surface area contributed by atoms with E-state index in [1.54, 1.807) is 18.2 Å². The highest BCUT2D eigenvalue weighted by Gasteiger charge is 2.30. The van der Waals surface area contributed by atoms with Gasteiger partial charge in [-0.15, -0.1) is 0 Å². The van der Waals surface area contributed by atoms with Crippen LogP contribution < -0.4 is 0 Å². The summed E-state index contributed by atoms with van der Waals surface area (Å²) < 4.78 is 13.2. The number of nitrogens with zero attached hydrogens (tertiary/aromatic N) is 2. The maximum atomic E-state index is 13.2. The van der Waals surface area contributed by atoms with E-state index in [0.717, 1.165) is 44.3 Å². The lowest BCUT2D eigenvalue weighted by molar-refractivity contribution is -0.137. The van der Waals surface area contributed by atoms with Crippen LogP contribution in [0.4, 0.5) is 4.39 Å². The van der Waals surface area contributed by atoms with E-state index < -0.39 is 0 Å². The van der Waals surface area contributed by atoms with E-state index in [2.05, 4.69) is 0 Å². The molecule has 1 unspecified atom stereocenters. The molecular formula is C20H25FN2O2.